The van der Waals surface area contributed by atoms with Gasteiger partial charge in [-0.3, -0.25) is 0 Å². The molecule has 136 valence electrons. The molecule has 5 heteroatoms. The highest BCUT2D eigenvalue weighted by molar-refractivity contribution is 5.85. The number of fused-ring (bicyclic) bond motifs is 1. The SMILES string of the molecule is c1ccc2cc(N3CCOCCOCCOCCOCC3)ccc2c1. The van der Waals surface area contributed by atoms with Gasteiger partial charge < -0.3 is 23.8 Å². The first-order valence-corrected chi connectivity index (χ1v) is 8.98. The Morgan fingerprint density at radius 2 is 1.08 bits per heavy atom. The van der Waals surface area contributed by atoms with Gasteiger partial charge in [0.05, 0.1) is 52.9 Å². The number of hydrogen-bond acceptors (Lipinski definition) is 5. The Bertz CT molecular complexity index is 618. The second-order valence-electron chi connectivity index (χ2n) is 5.97. The van der Waals surface area contributed by atoms with E-state index in [2.05, 4.69) is 47.4 Å². The van der Waals surface area contributed by atoms with Crippen molar-refractivity contribution >= 4 is 16.5 Å². The third kappa shape index (κ3) is 5.97. The first-order valence-electron chi connectivity index (χ1n) is 8.98. The molecule has 0 saturated carbocycles. The number of anilines is 1. The van der Waals surface area contributed by atoms with Crippen LogP contribution >= 0.6 is 0 Å². The quantitative estimate of drug-likeness (QED) is 0.795. The molecule has 1 saturated heterocycles. The highest BCUT2D eigenvalue weighted by Gasteiger charge is 2.08. The average Bonchev–Trinajstić information content (AvgIpc) is 2.66. The van der Waals surface area contributed by atoms with E-state index in [0.29, 0.717) is 52.9 Å². The van der Waals surface area contributed by atoms with Crippen LogP contribution < -0.4 is 4.90 Å². The molecule has 25 heavy (non-hydrogen) atoms. The molecule has 2 aromatic rings. The summed E-state index contributed by atoms with van der Waals surface area (Å²) in [7, 11) is 0. The van der Waals surface area contributed by atoms with E-state index < -0.39 is 0 Å². The predicted molar refractivity (Wildman–Crippen MR) is 99.4 cm³/mol. The van der Waals surface area contributed by atoms with E-state index >= 15 is 0 Å². The zero-order valence-electron chi connectivity index (χ0n) is 14.7. The molecule has 0 N–H and O–H groups in total. The molecule has 0 bridgehead atoms. The second-order valence-corrected chi connectivity index (χ2v) is 5.97. The monoisotopic (exact) mass is 345 g/mol. The number of hydrogen-bond donors (Lipinski definition) is 0. The highest BCUT2D eigenvalue weighted by Crippen LogP contribution is 2.22. The van der Waals surface area contributed by atoms with Crippen LogP contribution in [-0.4, -0.2) is 65.9 Å². The van der Waals surface area contributed by atoms with Crippen LogP contribution in [0.3, 0.4) is 0 Å². The Morgan fingerprint density at radius 1 is 0.560 bits per heavy atom. The Morgan fingerprint density at radius 3 is 1.68 bits per heavy atom. The van der Waals surface area contributed by atoms with Gasteiger partial charge in [0.2, 0.25) is 0 Å². The molecular formula is C20H27NO4. The molecule has 0 aliphatic carbocycles. The fourth-order valence-corrected chi connectivity index (χ4v) is 2.85. The lowest BCUT2D eigenvalue weighted by molar-refractivity contribution is 0.00206. The predicted octanol–water partition coefficient (Wildman–Crippen LogP) is 2.73. The standard InChI is InChI=1S/C20H27NO4/c1-2-4-19-17-20(6-5-18(19)3-1)21-7-9-22-11-13-24-15-16-25-14-12-23-10-8-21/h1-6,17H,7-16H2. The molecule has 2 aromatic carbocycles. The van der Waals surface area contributed by atoms with Gasteiger partial charge in [-0.25, -0.2) is 0 Å². The Hall–Kier alpha value is -1.66. The third-order valence-electron chi connectivity index (χ3n) is 4.23. The van der Waals surface area contributed by atoms with Crippen LogP contribution in [0.15, 0.2) is 42.5 Å². The van der Waals surface area contributed by atoms with Gasteiger partial charge in [0.1, 0.15) is 0 Å². The molecule has 0 radical (unpaired) electrons. The number of benzene rings is 2. The summed E-state index contributed by atoms with van der Waals surface area (Å²) >= 11 is 0. The number of rotatable bonds is 1. The molecule has 0 spiro atoms. The van der Waals surface area contributed by atoms with Crippen LogP contribution in [-0.2, 0) is 18.9 Å². The molecule has 0 atom stereocenters. The first kappa shape index (κ1) is 18.1. The Kier molecular flexibility index (Phi) is 7.52. The van der Waals surface area contributed by atoms with Gasteiger partial charge in [0.15, 0.2) is 0 Å². The van der Waals surface area contributed by atoms with Crippen LogP contribution in [0.5, 0.6) is 0 Å². The maximum Gasteiger partial charge on any atom is 0.0701 e. The summed E-state index contributed by atoms with van der Waals surface area (Å²) in [6, 6.07) is 15.0. The van der Waals surface area contributed by atoms with Gasteiger partial charge in [-0.2, -0.15) is 0 Å². The third-order valence-corrected chi connectivity index (χ3v) is 4.23. The topological polar surface area (TPSA) is 40.2 Å². The van der Waals surface area contributed by atoms with E-state index in [1.807, 2.05) is 0 Å². The van der Waals surface area contributed by atoms with Crippen LogP contribution in [0.4, 0.5) is 5.69 Å². The van der Waals surface area contributed by atoms with Crippen LogP contribution in [0, 0.1) is 0 Å². The zero-order valence-corrected chi connectivity index (χ0v) is 14.7. The van der Waals surface area contributed by atoms with Crippen molar-refractivity contribution in [2.24, 2.45) is 0 Å². The van der Waals surface area contributed by atoms with E-state index in [-0.39, 0.29) is 0 Å². The van der Waals surface area contributed by atoms with Crippen LogP contribution in [0.2, 0.25) is 0 Å². The van der Waals surface area contributed by atoms with Gasteiger partial charge in [0.25, 0.3) is 0 Å². The van der Waals surface area contributed by atoms with Gasteiger partial charge in [0, 0.05) is 18.8 Å². The lowest BCUT2D eigenvalue weighted by atomic mass is 10.1. The van der Waals surface area contributed by atoms with Crippen molar-refractivity contribution in [1.29, 1.82) is 0 Å². The minimum absolute atomic E-state index is 0.604. The van der Waals surface area contributed by atoms with Crippen molar-refractivity contribution < 1.29 is 18.9 Å². The molecule has 3 rings (SSSR count). The van der Waals surface area contributed by atoms with E-state index in [1.54, 1.807) is 0 Å². The maximum atomic E-state index is 5.70. The minimum atomic E-state index is 0.604. The second kappa shape index (κ2) is 10.4. The molecule has 1 heterocycles. The summed E-state index contributed by atoms with van der Waals surface area (Å²) in [4.78, 5) is 2.31. The fourth-order valence-electron chi connectivity index (χ4n) is 2.85. The Labute approximate surface area is 149 Å². The van der Waals surface area contributed by atoms with Crippen molar-refractivity contribution in [3.8, 4) is 0 Å². The van der Waals surface area contributed by atoms with Crippen LogP contribution in [0.1, 0.15) is 0 Å². The normalized spacial score (nSPS) is 19.3. The van der Waals surface area contributed by atoms with Gasteiger partial charge >= 0.3 is 0 Å². The van der Waals surface area contributed by atoms with Crippen molar-refractivity contribution in [1.82, 2.24) is 0 Å². The summed E-state index contributed by atoms with van der Waals surface area (Å²) < 4.78 is 22.3. The molecule has 1 aliphatic heterocycles. The zero-order chi connectivity index (χ0) is 17.2. The number of ether oxygens (including phenoxy) is 4. The maximum absolute atomic E-state index is 5.70. The van der Waals surface area contributed by atoms with E-state index in [0.717, 1.165) is 13.1 Å². The van der Waals surface area contributed by atoms with Crippen molar-refractivity contribution in [2.45, 2.75) is 0 Å². The molecule has 5 nitrogen and oxygen atoms in total. The van der Waals surface area contributed by atoms with Gasteiger partial charge in [-0.1, -0.05) is 30.3 Å². The largest absolute Gasteiger partial charge is 0.377 e. The minimum Gasteiger partial charge on any atom is -0.377 e. The van der Waals surface area contributed by atoms with Crippen molar-refractivity contribution in [3.63, 3.8) is 0 Å². The van der Waals surface area contributed by atoms with E-state index in [4.69, 9.17) is 18.9 Å². The summed E-state index contributed by atoms with van der Waals surface area (Å²) in [5, 5.41) is 2.51. The number of nitrogens with zero attached hydrogens (tertiary/aromatic N) is 1. The summed E-state index contributed by atoms with van der Waals surface area (Å²) in [5.41, 5.74) is 1.20. The van der Waals surface area contributed by atoms with Gasteiger partial charge in [-0.05, 0) is 22.9 Å². The van der Waals surface area contributed by atoms with E-state index in [9.17, 15) is 0 Å². The molecule has 1 fully saturated rings. The summed E-state index contributed by atoms with van der Waals surface area (Å²) in [6.07, 6.45) is 0. The molecule has 0 unspecified atom stereocenters. The molecular weight excluding hydrogens is 318 g/mol. The lowest BCUT2D eigenvalue weighted by Crippen LogP contribution is -2.31. The van der Waals surface area contributed by atoms with Crippen molar-refractivity contribution in [2.75, 3.05) is 70.8 Å². The van der Waals surface area contributed by atoms with E-state index in [1.165, 1.54) is 16.5 Å². The molecule has 1 aliphatic rings. The van der Waals surface area contributed by atoms with Crippen molar-refractivity contribution in [3.05, 3.63) is 42.5 Å². The summed E-state index contributed by atoms with van der Waals surface area (Å²) in [5.74, 6) is 0. The summed E-state index contributed by atoms with van der Waals surface area (Å²) in [6.45, 7) is 6.66. The van der Waals surface area contributed by atoms with Crippen LogP contribution in [0.25, 0.3) is 10.8 Å². The smallest absolute Gasteiger partial charge is 0.0701 e. The molecule has 0 amide bonds. The lowest BCUT2D eigenvalue weighted by Gasteiger charge is -2.25. The first-order chi connectivity index (χ1) is 12.4. The van der Waals surface area contributed by atoms with Gasteiger partial charge in [-0.15, -0.1) is 0 Å². The average molecular weight is 345 g/mol. The Balaban J connectivity index is 1.64. The fraction of sp³-hybridized carbons (Fsp3) is 0.500. The highest BCUT2D eigenvalue weighted by atomic mass is 16.6. The molecule has 0 aromatic heterocycles.